The number of ether oxygens (including phenoxy) is 2. The molecule has 96 valence electrons. The molecule has 0 bridgehead atoms. The van der Waals surface area contributed by atoms with Gasteiger partial charge in [0.2, 0.25) is 5.95 Å². The van der Waals surface area contributed by atoms with Crippen molar-refractivity contribution in [3.05, 3.63) is 12.4 Å². The van der Waals surface area contributed by atoms with Crippen LogP contribution in [0.4, 0.5) is 5.95 Å². The first-order valence-corrected chi connectivity index (χ1v) is 6.25. The number of hydrogen-bond acceptors (Lipinski definition) is 4. The fourth-order valence-corrected chi connectivity index (χ4v) is 2.05. The van der Waals surface area contributed by atoms with E-state index in [-0.39, 0.29) is 0 Å². The topological polar surface area (TPSA) is 48.3 Å². The normalized spacial score (nSPS) is 19.7. The first-order valence-electron chi connectivity index (χ1n) is 6.25. The summed E-state index contributed by atoms with van der Waals surface area (Å²) in [4.78, 5) is 4.31. The molecule has 2 rings (SSSR count). The second-order valence-electron chi connectivity index (χ2n) is 4.31. The summed E-state index contributed by atoms with van der Waals surface area (Å²) in [5, 5.41) is 3.35. The van der Waals surface area contributed by atoms with Crippen molar-refractivity contribution in [3.63, 3.8) is 0 Å². The zero-order chi connectivity index (χ0) is 11.9. The molecular formula is C12H21N3O2. The standard InChI is InChI=1S/C12H21N3O2/c1-16-8-3-6-15-7-5-13-12(15)14-10-11-4-2-9-17-11/h5,7,11H,2-4,6,8-10H2,1H3,(H,13,14). The average molecular weight is 239 g/mol. The molecule has 5 heteroatoms. The Hall–Kier alpha value is -1.07. The lowest BCUT2D eigenvalue weighted by atomic mass is 10.2. The molecule has 1 atom stereocenters. The maximum atomic E-state index is 5.57. The number of aromatic nitrogens is 2. The molecule has 0 spiro atoms. The van der Waals surface area contributed by atoms with Gasteiger partial charge in [0.1, 0.15) is 0 Å². The molecule has 0 saturated carbocycles. The Bertz CT molecular complexity index is 321. The van der Waals surface area contributed by atoms with E-state index in [1.54, 1.807) is 7.11 Å². The first-order chi connectivity index (χ1) is 8.40. The van der Waals surface area contributed by atoms with E-state index in [0.717, 1.165) is 45.1 Å². The number of methoxy groups -OCH3 is 1. The van der Waals surface area contributed by atoms with Crippen LogP contribution in [-0.4, -0.2) is 42.5 Å². The molecule has 1 fully saturated rings. The van der Waals surface area contributed by atoms with Gasteiger partial charge in [-0.25, -0.2) is 4.98 Å². The zero-order valence-corrected chi connectivity index (χ0v) is 10.4. The van der Waals surface area contributed by atoms with E-state index >= 15 is 0 Å². The lowest BCUT2D eigenvalue weighted by Crippen LogP contribution is -2.20. The number of aryl methyl sites for hydroxylation is 1. The largest absolute Gasteiger partial charge is 0.385 e. The Kier molecular flexibility index (Phi) is 4.82. The minimum atomic E-state index is 0.346. The fourth-order valence-electron chi connectivity index (χ4n) is 2.05. The van der Waals surface area contributed by atoms with Gasteiger partial charge in [-0.15, -0.1) is 0 Å². The van der Waals surface area contributed by atoms with Gasteiger partial charge in [-0.3, -0.25) is 0 Å². The predicted octanol–water partition coefficient (Wildman–Crippen LogP) is 1.51. The summed E-state index contributed by atoms with van der Waals surface area (Å²) in [6.45, 7) is 3.46. The molecule has 1 aromatic rings. The highest BCUT2D eigenvalue weighted by atomic mass is 16.5. The van der Waals surface area contributed by atoms with Crippen molar-refractivity contribution in [1.82, 2.24) is 9.55 Å². The Morgan fingerprint density at radius 2 is 2.59 bits per heavy atom. The molecule has 17 heavy (non-hydrogen) atoms. The number of nitrogens with zero attached hydrogens (tertiary/aromatic N) is 2. The second kappa shape index (κ2) is 6.61. The molecule has 1 aliphatic rings. The molecule has 0 aromatic carbocycles. The van der Waals surface area contributed by atoms with Gasteiger partial charge in [0.15, 0.2) is 0 Å². The summed E-state index contributed by atoms with van der Waals surface area (Å²) in [6, 6.07) is 0. The van der Waals surface area contributed by atoms with E-state index < -0.39 is 0 Å². The Morgan fingerprint density at radius 1 is 1.65 bits per heavy atom. The number of anilines is 1. The van der Waals surface area contributed by atoms with Crippen LogP contribution >= 0.6 is 0 Å². The number of imidazole rings is 1. The van der Waals surface area contributed by atoms with Crippen LogP contribution < -0.4 is 5.32 Å². The quantitative estimate of drug-likeness (QED) is 0.733. The number of nitrogens with one attached hydrogen (secondary N) is 1. The van der Waals surface area contributed by atoms with Crippen LogP contribution in [0.25, 0.3) is 0 Å². The van der Waals surface area contributed by atoms with Gasteiger partial charge >= 0.3 is 0 Å². The van der Waals surface area contributed by atoms with Crippen LogP contribution in [0.15, 0.2) is 12.4 Å². The van der Waals surface area contributed by atoms with Gasteiger partial charge in [0, 0.05) is 45.8 Å². The molecule has 1 saturated heterocycles. The summed E-state index contributed by atoms with van der Waals surface area (Å²) in [7, 11) is 1.73. The van der Waals surface area contributed by atoms with Crippen LogP contribution in [0, 0.1) is 0 Å². The monoisotopic (exact) mass is 239 g/mol. The van der Waals surface area contributed by atoms with Crippen LogP contribution in [0.3, 0.4) is 0 Å². The molecule has 0 radical (unpaired) electrons. The molecule has 1 unspecified atom stereocenters. The van der Waals surface area contributed by atoms with Crippen molar-refractivity contribution in [2.45, 2.75) is 31.9 Å². The van der Waals surface area contributed by atoms with E-state index in [1.165, 1.54) is 6.42 Å². The summed E-state index contributed by atoms with van der Waals surface area (Å²) < 4.78 is 12.7. The van der Waals surface area contributed by atoms with Crippen molar-refractivity contribution in [1.29, 1.82) is 0 Å². The van der Waals surface area contributed by atoms with E-state index in [4.69, 9.17) is 9.47 Å². The summed E-state index contributed by atoms with van der Waals surface area (Å²) in [5.41, 5.74) is 0. The zero-order valence-electron chi connectivity index (χ0n) is 10.4. The Morgan fingerprint density at radius 3 is 3.35 bits per heavy atom. The minimum absolute atomic E-state index is 0.346. The highest BCUT2D eigenvalue weighted by Crippen LogP contribution is 2.13. The molecule has 1 aromatic heterocycles. The molecule has 5 nitrogen and oxygen atoms in total. The van der Waals surface area contributed by atoms with Gasteiger partial charge in [0.25, 0.3) is 0 Å². The average Bonchev–Trinajstić information content (AvgIpc) is 2.97. The van der Waals surface area contributed by atoms with Gasteiger partial charge < -0.3 is 19.4 Å². The molecular weight excluding hydrogens is 218 g/mol. The van der Waals surface area contributed by atoms with Crippen molar-refractivity contribution < 1.29 is 9.47 Å². The van der Waals surface area contributed by atoms with E-state index in [2.05, 4.69) is 14.9 Å². The van der Waals surface area contributed by atoms with Crippen molar-refractivity contribution >= 4 is 5.95 Å². The van der Waals surface area contributed by atoms with Crippen LogP contribution in [0.5, 0.6) is 0 Å². The van der Waals surface area contributed by atoms with Crippen LogP contribution in [0.1, 0.15) is 19.3 Å². The Balaban J connectivity index is 1.76. The Labute approximate surface area is 102 Å². The third-order valence-electron chi connectivity index (χ3n) is 2.97. The second-order valence-corrected chi connectivity index (χ2v) is 4.31. The third-order valence-corrected chi connectivity index (χ3v) is 2.97. The summed E-state index contributed by atoms with van der Waals surface area (Å²) >= 11 is 0. The van der Waals surface area contributed by atoms with E-state index in [1.807, 2.05) is 12.4 Å². The molecule has 0 aliphatic carbocycles. The summed E-state index contributed by atoms with van der Waals surface area (Å²) in [5.74, 6) is 0.927. The molecule has 0 amide bonds. The highest BCUT2D eigenvalue weighted by molar-refractivity contribution is 5.25. The highest BCUT2D eigenvalue weighted by Gasteiger charge is 2.15. The van der Waals surface area contributed by atoms with Crippen LogP contribution in [0.2, 0.25) is 0 Å². The number of rotatable bonds is 7. The minimum Gasteiger partial charge on any atom is -0.385 e. The van der Waals surface area contributed by atoms with Gasteiger partial charge in [-0.05, 0) is 19.3 Å². The molecule has 1 aliphatic heterocycles. The lowest BCUT2D eigenvalue weighted by molar-refractivity contribution is 0.120. The van der Waals surface area contributed by atoms with Crippen LogP contribution in [-0.2, 0) is 16.0 Å². The predicted molar refractivity (Wildman–Crippen MR) is 66.2 cm³/mol. The van der Waals surface area contributed by atoms with Gasteiger partial charge in [0.05, 0.1) is 6.10 Å². The van der Waals surface area contributed by atoms with Crippen molar-refractivity contribution in [2.24, 2.45) is 0 Å². The smallest absolute Gasteiger partial charge is 0.202 e. The molecule has 1 N–H and O–H groups in total. The summed E-state index contributed by atoms with van der Waals surface area (Å²) in [6.07, 6.45) is 7.49. The molecule has 2 heterocycles. The third kappa shape index (κ3) is 3.71. The van der Waals surface area contributed by atoms with Crippen molar-refractivity contribution in [2.75, 3.05) is 32.2 Å². The fraction of sp³-hybridized carbons (Fsp3) is 0.750. The number of hydrogen-bond donors (Lipinski definition) is 1. The maximum Gasteiger partial charge on any atom is 0.202 e. The van der Waals surface area contributed by atoms with Crippen molar-refractivity contribution in [3.8, 4) is 0 Å². The van der Waals surface area contributed by atoms with E-state index in [9.17, 15) is 0 Å². The maximum absolute atomic E-state index is 5.57. The SMILES string of the molecule is COCCCn1ccnc1NCC1CCCO1. The van der Waals surface area contributed by atoms with E-state index in [0.29, 0.717) is 6.10 Å². The lowest BCUT2D eigenvalue weighted by Gasteiger charge is -2.13. The van der Waals surface area contributed by atoms with Gasteiger partial charge in [-0.2, -0.15) is 0 Å². The first kappa shape index (κ1) is 12.4. The van der Waals surface area contributed by atoms with Gasteiger partial charge in [-0.1, -0.05) is 0 Å².